The van der Waals surface area contributed by atoms with Crippen molar-refractivity contribution in [3.63, 3.8) is 0 Å². The van der Waals surface area contributed by atoms with Crippen LogP contribution in [0.25, 0.3) is 0 Å². The highest BCUT2D eigenvalue weighted by atomic mass is 16.6. The lowest BCUT2D eigenvalue weighted by Gasteiger charge is -2.63. The van der Waals surface area contributed by atoms with Gasteiger partial charge in [-0.3, -0.25) is 9.64 Å². The molecule has 10 nitrogen and oxygen atoms in total. The second-order valence-corrected chi connectivity index (χ2v) is 18.3. The van der Waals surface area contributed by atoms with E-state index in [1.165, 1.54) is 0 Å². The fourth-order valence-corrected chi connectivity index (χ4v) is 8.64. The number of carbonyl (C=O) groups excluding carboxylic acids is 1. The lowest BCUT2D eigenvalue weighted by atomic mass is 9.76. The Hall–Kier alpha value is -2.01. The topological polar surface area (TPSA) is 138 Å². The van der Waals surface area contributed by atoms with Crippen molar-refractivity contribution < 1.29 is 9.44 Å². The zero-order chi connectivity index (χ0) is 34.3. The van der Waals surface area contributed by atoms with Crippen LogP contribution < -0.4 is 16.4 Å². The number of rotatable bonds is 10. The van der Waals surface area contributed by atoms with E-state index in [4.69, 9.17) is 9.98 Å². The van der Waals surface area contributed by atoms with Crippen molar-refractivity contribution in [2.45, 2.75) is 188 Å². The Morgan fingerprint density at radius 2 is 1.49 bits per heavy atom. The van der Waals surface area contributed by atoms with Gasteiger partial charge in [0.1, 0.15) is 11.1 Å². The number of likely N-dealkylation sites (tertiary alicyclic amines) is 1. The third-order valence-corrected chi connectivity index (χ3v) is 9.29. The Morgan fingerprint density at radius 3 is 2.02 bits per heavy atom. The second-order valence-electron chi connectivity index (χ2n) is 18.3. The van der Waals surface area contributed by atoms with Crippen LogP contribution in [-0.4, -0.2) is 71.0 Å². The van der Waals surface area contributed by atoms with Crippen molar-refractivity contribution in [2.75, 3.05) is 5.32 Å². The summed E-state index contributed by atoms with van der Waals surface area (Å²) in [7, 11) is 0. The molecule has 0 aromatic carbocycles. The molecule has 253 valence electrons. The zero-order valence-corrected chi connectivity index (χ0v) is 30.5. The molecule has 10 heteroatoms. The van der Waals surface area contributed by atoms with Crippen LogP contribution in [0.5, 0.6) is 0 Å². The molecule has 45 heavy (non-hydrogen) atoms. The van der Waals surface area contributed by atoms with E-state index < -0.39 is 21.8 Å². The van der Waals surface area contributed by atoms with E-state index in [-0.39, 0.29) is 40.4 Å². The normalized spacial score (nSPS) is 26.8. The average Bonchev–Trinajstić information content (AvgIpc) is 2.79. The number of aromatic nitrogens is 3. The number of carbonyl (C=O) groups is 1. The van der Waals surface area contributed by atoms with Gasteiger partial charge >= 0.3 is 5.91 Å². The average molecular weight is 626 g/mol. The van der Waals surface area contributed by atoms with Gasteiger partial charge in [-0.15, -0.1) is 5.73 Å². The molecular weight excluding hydrogens is 564 g/mol. The molecule has 0 spiro atoms. The van der Waals surface area contributed by atoms with Gasteiger partial charge in [0.15, 0.2) is 5.82 Å². The monoisotopic (exact) mass is 625 g/mol. The first kappa shape index (κ1) is 37.4. The lowest BCUT2D eigenvalue weighted by Crippen LogP contribution is -2.74. The smallest absolute Gasteiger partial charge is 0.314 e. The molecule has 0 aliphatic carbocycles. The summed E-state index contributed by atoms with van der Waals surface area (Å²) < 4.78 is -0.918. The number of amides is 1. The van der Waals surface area contributed by atoms with Gasteiger partial charge in [0.25, 0.3) is 0 Å². The van der Waals surface area contributed by atoms with Gasteiger partial charge < -0.3 is 15.8 Å². The molecule has 2 fully saturated rings. The van der Waals surface area contributed by atoms with Crippen molar-refractivity contribution >= 4 is 17.6 Å². The minimum atomic E-state index is -0.918. The maximum Gasteiger partial charge on any atom is 0.314 e. The highest BCUT2D eigenvalue weighted by molar-refractivity contribution is 5.97. The number of hydrogen-bond acceptors (Lipinski definition) is 8. The fraction of sp³-hybridized carbons (Fsp3) is 0.857. The summed E-state index contributed by atoms with van der Waals surface area (Å²) in [5.74, 6) is 0.648. The molecule has 3 rings (SSSR count). The Morgan fingerprint density at radius 1 is 0.956 bits per heavy atom. The zero-order valence-electron chi connectivity index (χ0n) is 30.5. The van der Waals surface area contributed by atoms with Crippen LogP contribution in [0.1, 0.15) is 154 Å². The predicted octanol–water partition coefficient (Wildman–Crippen LogP) is 6.59. The lowest BCUT2D eigenvalue weighted by molar-refractivity contribution is -0.910. The Bertz CT molecular complexity index is 1190. The fourth-order valence-electron chi connectivity index (χ4n) is 8.64. The van der Waals surface area contributed by atoms with Crippen LogP contribution in [0.3, 0.4) is 0 Å². The number of nitrogens with one attached hydrogen (secondary N) is 2. The molecule has 1 amide bonds. The SMILES string of the molecule is CC(C)(C)CC(C)(C)Nc1n[c]nc(C(CCCCC(=O)[N+]2([O-])C(C)(C)CC([N])CC2(C)C)=NC2CC(C)(C)NC(C)(C)C2)n1. The molecule has 1 aromatic heterocycles. The Kier molecular flexibility index (Phi) is 10.7. The molecule has 2 aliphatic heterocycles. The molecule has 0 unspecified atom stereocenters. The summed E-state index contributed by atoms with van der Waals surface area (Å²) in [5, 5.41) is 21.5. The molecule has 2 aliphatic rings. The highest BCUT2D eigenvalue weighted by Crippen LogP contribution is 2.46. The first-order valence-electron chi connectivity index (χ1n) is 16.9. The van der Waals surface area contributed by atoms with E-state index in [1.54, 1.807) is 27.7 Å². The molecule has 3 radical (unpaired) electrons. The molecular formula is C35H61N8O2. The molecule has 3 heterocycles. The molecule has 0 bridgehead atoms. The van der Waals surface area contributed by atoms with Crippen LogP contribution in [0.2, 0.25) is 0 Å². The largest absolute Gasteiger partial charge is 0.624 e. The summed E-state index contributed by atoms with van der Waals surface area (Å²) in [6.45, 7) is 27.0. The van der Waals surface area contributed by atoms with Gasteiger partial charge in [0.2, 0.25) is 12.3 Å². The van der Waals surface area contributed by atoms with Crippen molar-refractivity contribution in [3.05, 3.63) is 17.4 Å². The number of hydroxylamine groups is 3. The van der Waals surface area contributed by atoms with Gasteiger partial charge in [0, 0.05) is 29.5 Å². The third kappa shape index (κ3) is 9.52. The summed E-state index contributed by atoms with van der Waals surface area (Å²) in [6, 6.07) is -0.502. The van der Waals surface area contributed by atoms with Gasteiger partial charge in [-0.1, -0.05) is 20.8 Å². The molecule has 2 saturated heterocycles. The number of piperidine rings is 2. The summed E-state index contributed by atoms with van der Waals surface area (Å²) in [6.07, 6.45) is 8.06. The summed E-state index contributed by atoms with van der Waals surface area (Å²) in [4.78, 5) is 32.5. The summed E-state index contributed by atoms with van der Waals surface area (Å²) >= 11 is 0. The maximum absolute atomic E-state index is 14.3. The minimum Gasteiger partial charge on any atom is -0.624 e. The van der Waals surface area contributed by atoms with Gasteiger partial charge in [0.05, 0.1) is 24.2 Å². The van der Waals surface area contributed by atoms with Crippen LogP contribution in [0, 0.1) is 16.9 Å². The van der Waals surface area contributed by atoms with Crippen molar-refractivity contribution in [1.82, 2.24) is 26.0 Å². The van der Waals surface area contributed by atoms with Crippen LogP contribution >= 0.6 is 0 Å². The van der Waals surface area contributed by atoms with E-state index in [0.717, 1.165) is 25.0 Å². The molecule has 2 N–H and O–H groups in total. The van der Waals surface area contributed by atoms with Gasteiger partial charge in [-0.05, 0) is 113 Å². The predicted molar refractivity (Wildman–Crippen MR) is 182 cm³/mol. The van der Waals surface area contributed by atoms with E-state index in [9.17, 15) is 15.7 Å². The molecule has 0 saturated carbocycles. The second kappa shape index (κ2) is 12.9. The van der Waals surface area contributed by atoms with Crippen LogP contribution in [0.4, 0.5) is 5.95 Å². The van der Waals surface area contributed by atoms with Crippen LogP contribution in [-0.2, 0) is 4.79 Å². The van der Waals surface area contributed by atoms with E-state index in [2.05, 4.69) is 89.2 Å². The minimum absolute atomic E-state index is 0.0735. The number of unbranched alkanes of at least 4 members (excludes halogenated alkanes) is 1. The quantitative estimate of drug-likeness (QED) is 0.130. The maximum atomic E-state index is 14.3. The van der Waals surface area contributed by atoms with Gasteiger partial charge in [-0.25, -0.2) is 9.78 Å². The van der Waals surface area contributed by atoms with E-state index in [0.29, 0.717) is 43.9 Å². The van der Waals surface area contributed by atoms with Crippen molar-refractivity contribution in [1.29, 1.82) is 0 Å². The first-order chi connectivity index (χ1) is 20.3. The molecule has 1 aromatic rings. The number of anilines is 1. The van der Waals surface area contributed by atoms with Gasteiger partial charge in [-0.2, -0.15) is 9.97 Å². The number of quaternary nitrogens is 1. The molecule has 0 atom stereocenters. The Labute approximate surface area is 273 Å². The number of hydrogen-bond donors (Lipinski definition) is 2. The van der Waals surface area contributed by atoms with E-state index >= 15 is 0 Å². The third-order valence-electron chi connectivity index (χ3n) is 9.29. The van der Waals surface area contributed by atoms with E-state index in [1.807, 2.05) is 0 Å². The standard InChI is InChI=1S/C35H61N8O2/c1-30(2,3)22-33(8,9)41-29-38-23-37-28(40-29)26(39-25-20-31(4,5)42-32(6,7)21-25)16-14-15-17-27(44)43(45)34(10,11)18-24(36)19-35(43,12)13/h24-25,42H,14-22H2,1-13H3,(H,37,38,40,41). The summed E-state index contributed by atoms with van der Waals surface area (Å²) in [5.41, 5.74) is 9.13. The number of aliphatic imine (C=N–C) groups is 1. The number of nitrogens with zero attached hydrogens (tertiary/aromatic N) is 6. The van der Waals surface area contributed by atoms with Crippen LogP contribution in [0.15, 0.2) is 4.99 Å². The Balaban J connectivity index is 1.83. The van der Waals surface area contributed by atoms with Crippen molar-refractivity contribution in [3.8, 4) is 0 Å². The highest BCUT2D eigenvalue weighted by Gasteiger charge is 2.57. The van der Waals surface area contributed by atoms with Crippen molar-refractivity contribution in [2.24, 2.45) is 10.4 Å². The first-order valence-corrected chi connectivity index (χ1v) is 16.9.